The molecule has 0 nitrogen and oxygen atoms in total. The second-order valence-corrected chi connectivity index (χ2v) is 40.7. The maximum absolute atomic E-state index is 2.37. The van der Waals surface area contributed by atoms with Crippen LogP contribution in [-0.4, -0.2) is 69.0 Å². The SMILES string of the molecule is C1=CCC2(C1)CCCC2.C1=CCC2(C1)CCCC2.C1=CCC2(C1)CSSC2.C1=CCC2(C1)CSSC2.C1CCC2(C1)CCCC2.C1CCC2(C1)CSSC2.C1CCC2(C1)CSSC2.C1SSCC12CSSC2. The average Bonchev–Trinajstić information content (AvgIpc) is 4.25. The molecule has 10 aliphatic carbocycles. The van der Waals surface area contributed by atoms with Gasteiger partial charge in [-0.15, -0.1) is 0 Å². The second-order valence-electron chi connectivity index (χ2n) is 25.9. The van der Waals surface area contributed by atoms with Crippen molar-refractivity contribution in [2.24, 2.45) is 43.3 Å². The Balaban J connectivity index is 0.000000102. The van der Waals surface area contributed by atoms with Crippen LogP contribution in [0.3, 0.4) is 0 Å². The van der Waals surface area contributed by atoms with Gasteiger partial charge in [-0.05, 0) is 166 Å². The van der Waals surface area contributed by atoms with Crippen LogP contribution >= 0.6 is 130 Å². The van der Waals surface area contributed by atoms with Crippen LogP contribution in [0.4, 0.5) is 0 Å². The van der Waals surface area contributed by atoms with E-state index in [1.165, 1.54) is 249 Å². The minimum Gasteiger partial charge on any atom is -0.0935 e. The van der Waals surface area contributed by atoms with Gasteiger partial charge < -0.3 is 0 Å². The van der Waals surface area contributed by atoms with Crippen molar-refractivity contribution in [2.75, 3.05) is 69.0 Å². The van der Waals surface area contributed by atoms with Crippen molar-refractivity contribution in [1.82, 2.24) is 0 Å². The largest absolute Gasteiger partial charge is 0.0935 e. The lowest BCUT2D eigenvalue weighted by Crippen LogP contribution is -2.24. The molecule has 0 radical (unpaired) electrons. The minimum atomic E-state index is 0.704. The quantitative estimate of drug-likeness (QED) is 0.168. The lowest BCUT2D eigenvalue weighted by molar-refractivity contribution is 0.309. The number of hydrogen-bond acceptors (Lipinski definition) is 12. The smallest absolute Gasteiger partial charge is 0.0118 e. The van der Waals surface area contributed by atoms with Crippen molar-refractivity contribution in [3.63, 3.8) is 0 Å². The van der Waals surface area contributed by atoms with Gasteiger partial charge in [0.1, 0.15) is 0 Å². The average molecular weight is 1200 g/mol. The van der Waals surface area contributed by atoms with Crippen LogP contribution in [0.1, 0.15) is 205 Å². The Labute approximate surface area is 490 Å². The molecule has 72 heavy (non-hydrogen) atoms. The normalized spacial score (nSPS) is 31.1. The van der Waals surface area contributed by atoms with Crippen molar-refractivity contribution in [1.29, 1.82) is 0 Å². The lowest BCUT2D eigenvalue weighted by Gasteiger charge is -2.20. The molecule has 12 heteroatoms. The number of rotatable bonds is 0. The van der Waals surface area contributed by atoms with Crippen molar-refractivity contribution < 1.29 is 0 Å². The number of allylic oxidation sites excluding steroid dienone is 8. The van der Waals surface area contributed by atoms with Crippen molar-refractivity contribution in [3.05, 3.63) is 48.6 Å². The molecule has 0 aromatic carbocycles. The van der Waals surface area contributed by atoms with Gasteiger partial charge in [0.05, 0.1) is 0 Å². The highest BCUT2D eigenvalue weighted by Gasteiger charge is 2.42. The molecule has 8 spiro atoms. The molecule has 6 heterocycles. The highest BCUT2D eigenvalue weighted by atomic mass is 33.1. The molecule has 408 valence electrons. The van der Waals surface area contributed by atoms with Crippen LogP contribution in [-0.2, 0) is 0 Å². The van der Waals surface area contributed by atoms with Gasteiger partial charge in [0.2, 0.25) is 0 Å². The molecule has 0 aromatic heterocycles. The lowest BCUT2D eigenvalue weighted by atomic mass is 9.84. The molecule has 12 fully saturated rings. The minimum absolute atomic E-state index is 0.704. The summed E-state index contributed by atoms with van der Waals surface area (Å²) in [6.07, 6.45) is 66.1. The van der Waals surface area contributed by atoms with E-state index in [2.05, 4.69) is 135 Å². The Morgan fingerprint density at radius 2 is 0.306 bits per heavy atom. The second kappa shape index (κ2) is 29.9. The molecule has 6 saturated heterocycles. The van der Waals surface area contributed by atoms with E-state index in [0.29, 0.717) is 10.8 Å². The van der Waals surface area contributed by atoms with E-state index in [9.17, 15) is 0 Å². The summed E-state index contributed by atoms with van der Waals surface area (Å²) >= 11 is 0. The molecule has 0 unspecified atom stereocenters. The van der Waals surface area contributed by atoms with Crippen LogP contribution in [0.2, 0.25) is 0 Å². The van der Waals surface area contributed by atoms with Gasteiger partial charge >= 0.3 is 0 Å². The third-order valence-electron chi connectivity index (χ3n) is 19.9. The van der Waals surface area contributed by atoms with Gasteiger partial charge in [0.25, 0.3) is 0 Å². The highest BCUT2D eigenvalue weighted by Crippen LogP contribution is 2.56. The van der Waals surface area contributed by atoms with Crippen LogP contribution in [0, 0.1) is 43.3 Å². The van der Waals surface area contributed by atoms with E-state index < -0.39 is 0 Å². The van der Waals surface area contributed by atoms with Gasteiger partial charge in [-0.3, -0.25) is 0 Å². The van der Waals surface area contributed by atoms with E-state index in [-0.39, 0.29) is 0 Å². The predicted molar refractivity (Wildman–Crippen MR) is 353 cm³/mol. The molecule has 0 aromatic rings. The Bertz CT molecular complexity index is 1250. The van der Waals surface area contributed by atoms with Gasteiger partial charge in [0.15, 0.2) is 0 Å². The third kappa shape index (κ3) is 17.6. The van der Waals surface area contributed by atoms with Gasteiger partial charge in [-0.25, -0.2) is 0 Å². The van der Waals surface area contributed by atoms with Gasteiger partial charge in [0, 0.05) is 74.4 Å². The van der Waals surface area contributed by atoms with Crippen molar-refractivity contribution in [3.8, 4) is 0 Å². The van der Waals surface area contributed by atoms with E-state index in [0.717, 1.165) is 32.5 Å². The first kappa shape index (κ1) is 59.8. The van der Waals surface area contributed by atoms with Crippen molar-refractivity contribution >= 4 is 130 Å². The predicted octanol–water partition coefficient (Wildman–Crippen LogP) is 23.0. The topological polar surface area (TPSA) is 0 Å². The van der Waals surface area contributed by atoms with Crippen LogP contribution in [0.15, 0.2) is 48.6 Å². The third-order valence-corrected chi connectivity index (χ3v) is 36.9. The molecule has 16 rings (SSSR count). The van der Waals surface area contributed by atoms with Gasteiger partial charge in [-0.1, -0.05) is 255 Å². The summed E-state index contributed by atoms with van der Waals surface area (Å²) in [6, 6.07) is 0. The molecule has 0 N–H and O–H groups in total. The fraction of sp³-hybridized carbons (Fsp3) is 0.867. The van der Waals surface area contributed by atoms with E-state index >= 15 is 0 Å². The van der Waals surface area contributed by atoms with Crippen molar-refractivity contribution in [2.45, 2.75) is 205 Å². The summed E-state index contributed by atoms with van der Waals surface area (Å²) < 4.78 is 0. The summed E-state index contributed by atoms with van der Waals surface area (Å²) in [5.74, 6) is 16.9. The summed E-state index contributed by atoms with van der Waals surface area (Å²) in [4.78, 5) is 0. The van der Waals surface area contributed by atoms with E-state index in [4.69, 9.17) is 0 Å². The summed E-state index contributed by atoms with van der Waals surface area (Å²) in [5, 5.41) is 0. The first-order valence-electron chi connectivity index (χ1n) is 29.4. The zero-order valence-corrected chi connectivity index (χ0v) is 54.4. The Hall–Kier alpha value is 3.16. The summed E-state index contributed by atoms with van der Waals surface area (Å²) in [7, 11) is 24.8. The maximum atomic E-state index is 2.37. The fourth-order valence-electron chi connectivity index (χ4n) is 14.5. The summed E-state index contributed by atoms with van der Waals surface area (Å²) in [5.41, 5.74) is 6.22. The van der Waals surface area contributed by atoms with Crippen LogP contribution < -0.4 is 0 Å². The molecule has 0 atom stereocenters. The Morgan fingerprint density at radius 1 is 0.153 bits per heavy atom. The maximum Gasteiger partial charge on any atom is 0.0118 e. The zero-order valence-electron chi connectivity index (χ0n) is 44.6. The van der Waals surface area contributed by atoms with Gasteiger partial charge in [-0.2, -0.15) is 0 Å². The molecule has 0 bridgehead atoms. The first-order valence-corrected chi connectivity index (χ1v) is 44.3. The van der Waals surface area contributed by atoms with E-state index in [1.807, 2.05) is 43.2 Å². The van der Waals surface area contributed by atoms with Crippen LogP contribution in [0.5, 0.6) is 0 Å². The first-order chi connectivity index (χ1) is 35.3. The monoisotopic (exact) mass is 1200 g/mol. The molecule has 6 saturated carbocycles. The highest BCUT2D eigenvalue weighted by molar-refractivity contribution is 8.79. The fourth-order valence-corrected chi connectivity index (χ4v) is 36.0. The Morgan fingerprint density at radius 3 is 0.528 bits per heavy atom. The Kier molecular flexibility index (Phi) is 24.8. The molecular weight excluding hydrogens is 1110 g/mol. The van der Waals surface area contributed by atoms with Crippen LogP contribution in [0.25, 0.3) is 0 Å². The molecule has 6 aliphatic heterocycles. The molecule has 0 amide bonds. The van der Waals surface area contributed by atoms with E-state index in [1.54, 1.807) is 25.7 Å². The molecule has 16 aliphatic rings. The number of hydrogen-bond donors (Lipinski definition) is 0. The standard InChI is InChI=1S/C9H16.2C9H14.2C7H12S2.2C7H10S2.C5H8S4/c3*1-2-6-9(5-1)7-3-4-8-9;4*1-2-4-7(3-1)5-8-9-6-7;1-5(2-7-6-1)3-8-9-4-5/h1-8H2;2*1-2H,3-8H2;2*1-6H2;2*1-2H,3-6H2;1-4H2. The molecular formula is C60H96S12. The summed E-state index contributed by atoms with van der Waals surface area (Å²) in [6.45, 7) is 0. The zero-order chi connectivity index (χ0) is 49.3.